The number of carbonyl (C=O) groups is 2. The highest BCUT2D eigenvalue weighted by molar-refractivity contribution is 6.34. The van der Waals surface area contributed by atoms with Crippen LogP contribution < -0.4 is 5.32 Å². The minimum Gasteiger partial charge on any atom is -0.333 e. The Hall–Kier alpha value is -3.40. The third-order valence-corrected chi connectivity index (χ3v) is 6.26. The van der Waals surface area contributed by atoms with Crippen molar-refractivity contribution in [2.45, 2.75) is 32.5 Å². The third kappa shape index (κ3) is 5.17. The van der Waals surface area contributed by atoms with Crippen LogP contribution in [0.4, 0.5) is 23.2 Å². The first kappa shape index (κ1) is 24.7. The van der Waals surface area contributed by atoms with Crippen molar-refractivity contribution in [3.05, 3.63) is 80.9 Å². The van der Waals surface area contributed by atoms with Crippen LogP contribution in [0.5, 0.6) is 0 Å². The molecular weight excluding hydrogens is 488 g/mol. The predicted molar refractivity (Wildman–Crippen MR) is 122 cm³/mol. The molecule has 0 saturated heterocycles. The highest BCUT2D eigenvalue weighted by Gasteiger charge is 2.34. The Balaban J connectivity index is 1.49. The number of hydrogen-bond donors (Lipinski definition) is 1. The molecule has 3 aromatic rings. The molecule has 2 amide bonds. The van der Waals surface area contributed by atoms with E-state index in [-0.39, 0.29) is 22.9 Å². The molecule has 11 heteroatoms. The molecule has 0 spiro atoms. The van der Waals surface area contributed by atoms with Gasteiger partial charge in [0.15, 0.2) is 5.69 Å². The third-order valence-electron chi connectivity index (χ3n) is 5.94. The molecule has 6 nitrogen and oxygen atoms in total. The van der Waals surface area contributed by atoms with E-state index in [0.29, 0.717) is 43.0 Å². The second-order valence-corrected chi connectivity index (χ2v) is 8.78. The molecule has 1 aromatic heterocycles. The lowest BCUT2D eigenvalue weighted by molar-refractivity contribution is -0.140. The van der Waals surface area contributed by atoms with Crippen molar-refractivity contribution in [3.63, 3.8) is 0 Å². The molecule has 0 aliphatic carbocycles. The minimum absolute atomic E-state index is 0.0938. The Morgan fingerprint density at radius 3 is 2.54 bits per heavy atom. The Morgan fingerprint density at radius 2 is 1.91 bits per heavy atom. The molecule has 0 saturated carbocycles. The number of rotatable bonds is 4. The van der Waals surface area contributed by atoms with Crippen molar-refractivity contribution < 1.29 is 27.2 Å². The molecular formula is C24H21ClF4N4O2. The Bertz CT molecular complexity index is 1300. The summed E-state index contributed by atoms with van der Waals surface area (Å²) in [5, 5.41) is 7.23. The zero-order chi connectivity index (χ0) is 25.5. The number of alkyl halides is 3. The Morgan fingerprint density at radius 1 is 1.17 bits per heavy atom. The van der Waals surface area contributed by atoms with Crippen LogP contribution in [0.2, 0.25) is 5.02 Å². The van der Waals surface area contributed by atoms with E-state index in [0.717, 1.165) is 22.9 Å². The van der Waals surface area contributed by atoms with Gasteiger partial charge in [0.25, 0.3) is 5.91 Å². The van der Waals surface area contributed by atoms with Crippen molar-refractivity contribution in [3.8, 4) is 0 Å². The second kappa shape index (κ2) is 9.33. The Labute approximate surface area is 203 Å². The fraction of sp³-hybridized carbons (Fsp3) is 0.292. The summed E-state index contributed by atoms with van der Waals surface area (Å²) in [4.78, 5) is 27.2. The van der Waals surface area contributed by atoms with E-state index in [2.05, 4.69) is 10.4 Å². The number of carbonyl (C=O) groups excluding carboxylic acids is 2. The van der Waals surface area contributed by atoms with Crippen LogP contribution in [0.3, 0.4) is 0 Å². The van der Waals surface area contributed by atoms with Gasteiger partial charge in [-0.15, -0.1) is 0 Å². The second-order valence-electron chi connectivity index (χ2n) is 8.37. The van der Waals surface area contributed by atoms with E-state index in [4.69, 9.17) is 11.6 Å². The van der Waals surface area contributed by atoms with E-state index < -0.39 is 23.5 Å². The van der Waals surface area contributed by atoms with Gasteiger partial charge in [0, 0.05) is 25.8 Å². The molecule has 0 fully saturated rings. The van der Waals surface area contributed by atoms with Crippen LogP contribution in [-0.4, -0.2) is 33.0 Å². The van der Waals surface area contributed by atoms with E-state index in [9.17, 15) is 27.2 Å². The SMILES string of the molecule is Cc1cc(C(=O)N2CCc3c(ccc(Cl)c3NC(=O)Cc3ccc(C(F)(F)F)c(F)c3)C2)nn1C. The van der Waals surface area contributed by atoms with Gasteiger partial charge < -0.3 is 10.2 Å². The molecule has 184 valence electrons. The van der Waals surface area contributed by atoms with Crippen LogP contribution >= 0.6 is 11.6 Å². The largest absolute Gasteiger partial charge is 0.419 e. The summed E-state index contributed by atoms with van der Waals surface area (Å²) in [6.45, 7) is 2.54. The standard InChI is InChI=1S/C24H21ClF4N4O2/c1-13-9-20(31-32(13)2)23(35)33-8-7-16-15(12-33)4-6-18(25)22(16)30-21(34)11-14-3-5-17(19(26)10-14)24(27,28)29/h3-6,9-10H,7-8,11-12H2,1-2H3,(H,30,34). The summed E-state index contributed by atoms with van der Waals surface area (Å²) in [6.07, 6.45) is -4.72. The van der Waals surface area contributed by atoms with Crippen molar-refractivity contribution in [1.82, 2.24) is 14.7 Å². The van der Waals surface area contributed by atoms with E-state index in [1.54, 1.807) is 34.8 Å². The molecule has 1 aliphatic heterocycles. The van der Waals surface area contributed by atoms with Gasteiger partial charge in [-0.25, -0.2) is 4.39 Å². The van der Waals surface area contributed by atoms with Gasteiger partial charge in [-0.05, 0) is 54.3 Å². The summed E-state index contributed by atoms with van der Waals surface area (Å²) in [5.74, 6) is -2.20. The molecule has 0 radical (unpaired) electrons. The number of nitrogens with zero attached hydrogens (tertiary/aromatic N) is 3. The van der Waals surface area contributed by atoms with Crippen LogP contribution in [0.25, 0.3) is 0 Å². The molecule has 1 N–H and O–H groups in total. The first-order valence-electron chi connectivity index (χ1n) is 10.7. The highest BCUT2D eigenvalue weighted by Crippen LogP contribution is 2.34. The Kier molecular flexibility index (Phi) is 6.59. The monoisotopic (exact) mass is 508 g/mol. The molecule has 1 aliphatic rings. The van der Waals surface area contributed by atoms with Crippen LogP contribution in [-0.2, 0) is 37.4 Å². The van der Waals surface area contributed by atoms with Gasteiger partial charge >= 0.3 is 6.18 Å². The molecule has 2 aromatic carbocycles. The fourth-order valence-corrected chi connectivity index (χ4v) is 4.25. The number of anilines is 1. The zero-order valence-corrected chi connectivity index (χ0v) is 19.6. The first-order valence-corrected chi connectivity index (χ1v) is 11.1. The van der Waals surface area contributed by atoms with Crippen molar-refractivity contribution in [2.24, 2.45) is 7.05 Å². The lowest BCUT2D eigenvalue weighted by Gasteiger charge is -2.30. The average molecular weight is 509 g/mol. The predicted octanol–water partition coefficient (Wildman–Crippen LogP) is 4.92. The summed E-state index contributed by atoms with van der Waals surface area (Å²) in [6, 6.07) is 7.48. The summed E-state index contributed by atoms with van der Waals surface area (Å²) < 4.78 is 53.8. The number of amides is 2. The van der Waals surface area contributed by atoms with Crippen molar-refractivity contribution in [2.75, 3.05) is 11.9 Å². The number of aromatic nitrogens is 2. The number of nitrogens with one attached hydrogen (secondary N) is 1. The molecule has 0 unspecified atom stereocenters. The van der Waals surface area contributed by atoms with Gasteiger partial charge in [0.1, 0.15) is 5.82 Å². The van der Waals surface area contributed by atoms with Crippen LogP contribution in [0.1, 0.15) is 38.4 Å². The maximum atomic E-state index is 13.8. The lowest BCUT2D eigenvalue weighted by atomic mass is 9.97. The van der Waals surface area contributed by atoms with Crippen LogP contribution in [0.15, 0.2) is 36.4 Å². The van der Waals surface area contributed by atoms with E-state index in [1.807, 2.05) is 6.92 Å². The number of fused-ring (bicyclic) bond motifs is 1. The maximum absolute atomic E-state index is 13.8. The normalized spacial score (nSPS) is 13.5. The summed E-state index contributed by atoms with van der Waals surface area (Å²) in [7, 11) is 1.76. The number of aryl methyl sites for hydroxylation is 2. The summed E-state index contributed by atoms with van der Waals surface area (Å²) in [5.41, 5.74) is 1.86. The highest BCUT2D eigenvalue weighted by atomic mass is 35.5. The molecule has 0 bridgehead atoms. The van der Waals surface area contributed by atoms with Gasteiger partial charge in [0.05, 0.1) is 22.7 Å². The molecule has 4 rings (SSSR count). The van der Waals surface area contributed by atoms with E-state index >= 15 is 0 Å². The van der Waals surface area contributed by atoms with Crippen LogP contribution in [0, 0.1) is 12.7 Å². The maximum Gasteiger partial charge on any atom is 0.419 e. The summed E-state index contributed by atoms with van der Waals surface area (Å²) >= 11 is 6.33. The number of halogens is 5. The van der Waals surface area contributed by atoms with Crippen molar-refractivity contribution in [1.29, 1.82) is 0 Å². The first-order chi connectivity index (χ1) is 16.4. The zero-order valence-electron chi connectivity index (χ0n) is 18.8. The molecule has 35 heavy (non-hydrogen) atoms. The van der Waals surface area contributed by atoms with Gasteiger partial charge in [-0.1, -0.05) is 23.7 Å². The topological polar surface area (TPSA) is 67.2 Å². The minimum atomic E-state index is -4.81. The average Bonchev–Trinajstić information content (AvgIpc) is 3.12. The number of benzene rings is 2. The molecule has 0 atom stereocenters. The van der Waals surface area contributed by atoms with Gasteiger partial charge in [-0.3, -0.25) is 14.3 Å². The fourth-order valence-electron chi connectivity index (χ4n) is 4.03. The van der Waals surface area contributed by atoms with E-state index in [1.165, 1.54) is 0 Å². The quantitative estimate of drug-likeness (QED) is 0.509. The van der Waals surface area contributed by atoms with Gasteiger partial charge in [-0.2, -0.15) is 18.3 Å². The lowest BCUT2D eigenvalue weighted by Crippen LogP contribution is -2.36. The number of hydrogen-bond acceptors (Lipinski definition) is 3. The van der Waals surface area contributed by atoms with Crippen molar-refractivity contribution >= 4 is 29.1 Å². The molecule has 2 heterocycles. The van der Waals surface area contributed by atoms with Gasteiger partial charge in [0.2, 0.25) is 5.91 Å². The smallest absolute Gasteiger partial charge is 0.333 e.